The summed E-state index contributed by atoms with van der Waals surface area (Å²) in [6, 6.07) is 11.0. The molecule has 0 aromatic heterocycles. The fourth-order valence-electron chi connectivity index (χ4n) is 2.65. The molecule has 3 rings (SSSR count). The fraction of sp³-hybridized carbons (Fsp3) is 0.294. The zero-order valence-electron chi connectivity index (χ0n) is 11.2. The minimum absolute atomic E-state index is 0.322. The first-order chi connectivity index (χ1) is 9.65. The number of halogens is 2. The smallest absolute Gasteiger partial charge is 0.131 e. The summed E-state index contributed by atoms with van der Waals surface area (Å²) in [5.41, 5.74) is 8.57. The predicted octanol–water partition coefficient (Wildman–Crippen LogP) is 4.28. The molecule has 0 amide bonds. The molecule has 104 valence electrons. The second kappa shape index (κ2) is 5.33. The first-order valence-corrected chi connectivity index (χ1v) is 6.95. The van der Waals surface area contributed by atoms with Gasteiger partial charge in [0, 0.05) is 11.6 Å². The Morgan fingerprint density at radius 3 is 2.25 bits per heavy atom. The molecule has 1 nitrogen and oxygen atoms in total. The molecule has 1 aliphatic rings. The maximum atomic E-state index is 13.7. The van der Waals surface area contributed by atoms with Crippen molar-refractivity contribution in [1.82, 2.24) is 0 Å². The molecule has 0 radical (unpaired) electrons. The van der Waals surface area contributed by atoms with Gasteiger partial charge in [0.1, 0.15) is 11.6 Å². The Morgan fingerprint density at radius 2 is 1.70 bits per heavy atom. The van der Waals surface area contributed by atoms with Gasteiger partial charge in [-0.3, -0.25) is 0 Å². The molecule has 1 aliphatic carbocycles. The van der Waals surface area contributed by atoms with Crippen molar-refractivity contribution in [2.75, 3.05) is 0 Å². The van der Waals surface area contributed by atoms with Crippen molar-refractivity contribution in [3.05, 3.63) is 70.8 Å². The van der Waals surface area contributed by atoms with Crippen LogP contribution in [0, 0.1) is 11.6 Å². The topological polar surface area (TPSA) is 26.0 Å². The van der Waals surface area contributed by atoms with Gasteiger partial charge in [-0.15, -0.1) is 0 Å². The molecule has 3 heteroatoms. The van der Waals surface area contributed by atoms with E-state index in [4.69, 9.17) is 5.73 Å². The molecule has 2 N–H and O–H groups in total. The molecular weight excluding hydrogens is 256 g/mol. The van der Waals surface area contributed by atoms with Crippen LogP contribution in [0.4, 0.5) is 8.78 Å². The summed E-state index contributed by atoms with van der Waals surface area (Å²) in [6.07, 6.45) is 3.79. The summed E-state index contributed by atoms with van der Waals surface area (Å²) < 4.78 is 26.7. The van der Waals surface area contributed by atoms with E-state index >= 15 is 0 Å². The lowest BCUT2D eigenvalue weighted by atomic mass is 9.79. The van der Waals surface area contributed by atoms with Gasteiger partial charge < -0.3 is 5.73 Å². The Hall–Kier alpha value is -1.74. The Kier molecular flexibility index (Phi) is 3.53. The number of hydrogen-bond donors (Lipinski definition) is 1. The molecule has 1 atom stereocenters. The van der Waals surface area contributed by atoms with E-state index in [-0.39, 0.29) is 0 Å². The Bertz CT molecular complexity index is 603. The Morgan fingerprint density at radius 1 is 1.00 bits per heavy atom. The van der Waals surface area contributed by atoms with E-state index in [1.807, 2.05) is 12.1 Å². The quantitative estimate of drug-likeness (QED) is 0.887. The summed E-state index contributed by atoms with van der Waals surface area (Å²) in [4.78, 5) is 0. The molecule has 0 spiro atoms. The predicted molar refractivity (Wildman–Crippen MR) is 75.4 cm³/mol. The third-order valence-corrected chi connectivity index (χ3v) is 4.17. The fourth-order valence-corrected chi connectivity index (χ4v) is 2.65. The maximum absolute atomic E-state index is 13.7. The van der Waals surface area contributed by atoms with Crippen LogP contribution in [-0.2, 0) is 0 Å². The molecule has 0 saturated heterocycles. The van der Waals surface area contributed by atoms with E-state index in [2.05, 4.69) is 12.1 Å². The van der Waals surface area contributed by atoms with E-state index < -0.39 is 17.7 Å². The van der Waals surface area contributed by atoms with Crippen LogP contribution in [-0.4, -0.2) is 0 Å². The third kappa shape index (κ3) is 2.46. The van der Waals surface area contributed by atoms with Crippen molar-refractivity contribution in [2.24, 2.45) is 5.73 Å². The average molecular weight is 273 g/mol. The first kappa shape index (κ1) is 13.3. The lowest BCUT2D eigenvalue weighted by molar-refractivity contribution is 0.419. The lowest BCUT2D eigenvalue weighted by Crippen LogP contribution is -2.14. The lowest BCUT2D eigenvalue weighted by Gasteiger charge is -2.26. The summed E-state index contributed by atoms with van der Waals surface area (Å²) in [5.74, 6) is -0.512. The van der Waals surface area contributed by atoms with Crippen molar-refractivity contribution in [3.8, 4) is 0 Å². The van der Waals surface area contributed by atoms with Gasteiger partial charge in [-0.25, -0.2) is 8.78 Å². The SMILES string of the molecule is NC(c1ccc(C2CCC2)cc1)c1ccc(F)cc1F. The van der Waals surface area contributed by atoms with Gasteiger partial charge in [0.25, 0.3) is 0 Å². The van der Waals surface area contributed by atoms with Gasteiger partial charge in [-0.05, 0) is 36.0 Å². The normalized spacial score (nSPS) is 16.8. The van der Waals surface area contributed by atoms with Crippen LogP contribution in [0.5, 0.6) is 0 Å². The molecule has 0 heterocycles. The van der Waals surface area contributed by atoms with Gasteiger partial charge in [0.15, 0.2) is 0 Å². The van der Waals surface area contributed by atoms with Crippen LogP contribution in [0.15, 0.2) is 42.5 Å². The van der Waals surface area contributed by atoms with Crippen LogP contribution < -0.4 is 5.73 Å². The molecular formula is C17H17F2N. The molecule has 2 aromatic carbocycles. The molecule has 1 fully saturated rings. The zero-order valence-corrected chi connectivity index (χ0v) is 11.2. The van der Waals surface area contributed by atoms with E-state index in [1.165, 1.54) is 37.0 Å². The van der Waals surface area contributed by atoms with Gasteiger partial charge in [0.2, 0.25) is 0 Å². The van der Waals surface area contributed by atoms with Gasteiger partial charge in [-0.2, -0.15) is 0 Å². The molecule has 0 aliphatic heterocycles. The Labute approximate surface area is 117 Å². The van der Waals surface area contributed by atoms with Crippen molar-refractivity contribution >= 4 is 0 Å². The first-order valence-electron chi connectivity index (χ1n) is 6.95. The van der Waals surface area contributed by atoms with Gasteiger partial charge in [0.05, 0.1) is 6.04 Å². The van der Waals surface area contributed by atoms with Crippen LogP contribution in [0.1, 0.15) is 47.9 Å². The second-order valence-corrected chi connectivity index (χ2v) is 5.44. The third-order valence-electron chi connectivity index (χ3n) is 4.17. The maximum Gasteiger partial charge on any atom is 0.131 e. The highest BCUT2D eigenvalue weighted by Crippen LogP contribution is 2.36. The number of nitrogens with two attached hydrogens (primary N) is 1. The molecule has 1 unspecified atom stereocenters. The Balaban J connectivity index is 1.84. The average Bonchev–Trinajstić information content (AvgIpc) is 2.37. The van der Waals surface area contributed by atoms with Crippen LogP contribution in [0.2, 0.25) is 0 Å². The molecule has 2 aromatic rings. The number of rotatable bonds is 3. The highest BCUT2D eigenvalue weighted by atomic mass is 19.1. The summed E-state index contributed by atoms with van der Waals surface area (Å²) in [6.45, 7) is 0. The molecule has 1 saturated carbocycles. The van der Waals surface area contributed by atoms with Gasteiger partial charge >= 0.3 is 0 Å². The largest absolute Gasteiger partial charge is 0.320 e. The van der Waals surface area contributed by atoms with E-state index in [9.17, 15) is 8.78 Å². The highest BCUT2D eigenvalue weighted by molar-refractivity contribution is 5.35. The monoisotopic (exact) mass is 273 g/mol. The summed E-state index contributed by atoms with van der Waals surface area (Å²) >= 11 is 0. The van der Waals surface area contributed by atoms with Crippen molar-refractivity contribution in [1.29, 1.82) is 0 Å². The second-order valence-electron chi connectivity index (χ2n) is 5.44. The standard InChI is InChI=1S/C17H17F2N/c18-14-8-9-15(16(19)10-14)17(20)13-6-4-12(5-7-13)11-2-1-3-11/h4-11,17H,1-3,20H2. The van der Waals surface area contributed by atoms with Crippen molar-refractivity contribution in [2.45, 2.75) is 31.2 Å². The number of benzene rings is 2. The van der Waals surface area contributed by atoms with Gasteiger partial charge in [-0.1, -0.05) is 36.8 Å². The minimum atomic E-state index is -0.597. The van der Waals surface area contributed by atoms with Crippen molar-refractivity contribution in [3.63, 3.8) is 0 Å². The number of hydrogen-bond acceptors (Lipinski definition) is 1. The van der Waals surface area contributed by atoms with Crippen LogP contribution >= 0.6 is 0 Å². The summed E-state index contributed by atoms with van der Waals surface area (Å²) in [5, 5.41) is 0. The zero-order chi connectivity index (χ0) is 14.1. The van der Waals surface area contributed by atoms with E-state index in [0.29, 0.717) is 11.5 Å². The van der Waals surface area contributed by atoms with E-state index in [1.54, 1.807) is 0 Å². The summed E-state index contributed by atoms with van der Waals surface area (Å²) in [7, 11) is 0. The molecule has 20 heavy (non-hydrogen) atoms. The van der Waals surface area contributed by atoms with E-state index in [0.717, 1.165) is 11.6 Å². The minimum Gasteiger partial charge on any atom is -0.320 e. The van der Waals surface area contributed by atoms with Crippen LogP contribution in [0.3, 0.4) is 0 Å². The van der Waals surface area contributed by atoms with Crippen molar-refractivity contribution < 1.29 is 8.78 Å². The molecule has 0 bridgehead atoms. The highest BCUT2D eigenvalue weighted by Gasteiger charge is 2.20. The van der Waals surface area contributed by atoms with Crippen LogP contribution in [0.25, 0.3) is 0 Å².